The van der Waals surface area contributed by atoms with Gasteiger partial charge in [0.2, 0.25) is 0 Å². The van der Waals surface area contributed by atoms with Gasteiger partial charge in [0.1, 0.15) is 29.0 Å². The van der Waals surface area contributed by atoms with E-state index in [9.17, 15) is 95.9 Å². The van der Waals surface area contributed by atoms with E-state index in [-0.39, 0.29) is 12.1 Å². The predicted molar refractivity (Wildman–Crippen MR) is 102 cm³/mol. The topological polar surface area (TPSA) is 134 Å². The number of hydrogen-bond donors (Lipinski definition) is 0. The first-order valence-electron chi connectivity index (χ1n) is 9.74. The number of rotatable bonds is 11. The fraction of sp³-hybridized carbons (Fsp3) is 0.529. The minimum Gasteiger partial charge on any atom is -0.476 e. The van der Waals surface area contributed by atoms with Gasteiger partial charge in [0.05, 0.1) is 0 Å². The zero-order valence-electron chi connectivity index (χ0n) is 19.8. The van der Waals surface area contributed by atoms with E-state index < -0.39 is 95.1 Å². The molecule has 1 rings (SSSR count). The second kappa shape index (κ2) is 11.1. The van der Waals surface area contributed by atoms with Crippen molar-refractivity contribution in [3.8, 4) is 23.6 Å². The summed E-state index contributed by atoms with van der Waals surface area (Å²) in [5, 5.41) is 3.17. The lowest BCUT2D eigenvalue weighted by atomic mass is 10.1. The molecule has 0 fully saturated rings. The minimum atomic E-state index is -7.87. The summed E-state index contributed by atoms with van der Waals surface area (Å²) in [6.07, 6.45) is -15.0. The molecule has 0 bridgehead atoms. The Bertz CT molecular complexity index is 1620. The summed E-state index contributed by atoms with van der Waals surface area (Å²) in [4.78, 5) is 0. The first-order valence-corrected chi connectivity index (χ1v) is 12.8. The Labute approximate surface area is 235 Å². The maximum atomic E-state index is 13.9. The summed E-state index contributed by atoms with van der Waals surface area (Å²) in [7, 11) is -15.1. The van der Waals surface area contributed by atoms with Crippen LogP contribution in [0.25, 0.3) is 0 Å². The summed E-state index contributed by atoms with van der Waals surface area (Å²) in [5.74, 6) is -38.1. The number of sulfone groups is 1. The van der Waals surface area contributed by atoms with E-state index in [2.05, 4.69) is 8.92 Å². The molecule has 0 amide bonds. The second-order valence-electron chi connectivity index (χ2n) is 7.78. The van der Waals surface area contributed by atoms with Crippen LogP contribution in [0.5, 0.6) is 11.5 Å². The predicted octanol–water partition coefficient (Wildman–Crippen LogP) is 5.74. The van der Waals surface area contributed by atoms with Crippen LogP contribution in [0.3, 0.4) is 0 Å². The Morgan fingerprint density at radius 2 is 0.889 bits per heavy atom. The molecular weight excluding hydrogens is 734 g/mol. The average Bonchev–Trinajstić information content (AvgIpc) is 2.85. The number of halogens is 18. The standard InChI is InChI=1S/C17H4F18N2O6S2/c18-10(19,14(26,27)28)12(22,23)16(32,33)44(38,39)5-42-8-1-2-9(7(4-37)6(8)3-36)43-45(40,41)17(34,35)13(24,25)11(20,21)15(29,30)31/h1-2H,5H2. The van der Waals surface area contributed by atoms with Crippen LogP contribution in [-0.4, -0.2) is 69.3 Å². The molecule has 1 aromatic carbocycles. The van der Waals surface area contributed by atoms with E-state index in [1.807, 2.05) is 0 Å². The third kappa shape index (κ3) is 5.92. The van der Waals surface area contributed by atoms with Crippen LogP contribution in [0, 0.1) is 22.7 Å². The molecule has 0 atom stereocenters. The van der Waals surface area contributed by atoms with E-state index in [4.69, 9.17) is 10.5 Å². The van der Waals surface area contributed by atoms with Crippen molar-refractivity contribution in [3.05, 3.63) is 23.3 Å². The highest BCUT2D eigenvalue weighted by atomic mass is 32.2. The largest absolute Gasteiger partial charge is 0.476 e. The van der Waals surface area contributed by atoms with E-state index in [0.717, 1.165) is 0 Å². The number of nitriles is 2. The van der Waals surface area contributed by atoms with Crippen molar-refractivity contribution in [2.75, 3.05) is 5.94 Å². The van der Waals surface area contributed by atoms with Gasteiger partial charge in [0, 0.05) is 0 Å². The smallest absolute Gasteiger partial charge is 0.460 e. The van der Waals surface area contributed by atoms with Crippen LogP contribution in [0.1, 0.15) is 11.1 Å². The van der Waals surface area contributed by atoms with Crippen molar-refractivity contribution in [1.82, 2.24) is 0 Å². The quantitative estimate of drug-likeness (QED) is 0.207. The van der Waals surface area contributed by atoms with Crippen LogP contribution < -0.4 is 8.92 Å². The van der Waals surface area contributed by atoms with Gasteiger partial charge < -0.3 is 8.92 Å². The highest BCUT2D eigenvalue weighted by molar-refractivity contribution is 7.92. The first-order chi connectivity index (χ1) is 19.6. The summed E-state index contributed by atoms with van der Waals surface area (Å²) >= 11 is 0. The monoisotopic (exact) mass is 738 g/mol. The highest BCUT2D eigenvalue weighted by Crippen LogP contribution is 2.56. The van der Waals surface area contributed by atoms with Gasteiger partial charge in [-0.3, -0.25) is 0 Å². The molecule has 0 radical (unpaired) electrons. The Morgan fingerprint density at radius 3 is 1.24 bits per heavy atom. The highest BCUT2D eigenvalue weighted by Gasteiger charge is 2.87. The van der Waals surface area contributed by atoms with Crippen molar-refractivity contribution in [1.29, 1.82) is 10.5 Å². The lowest BCUT2D eigenvalue weighted by molar-refractivity contribution is -0.382. The molecule has 8 nitrogen and oxygen atoms in total. The number of ether oxygens (including phenoxy) is 1. The SMILES string of the molecule is N#Cc1c(OCS(=O)(=O)C(F)(F)C(F)(F)C(F)(F)C(F)(F)F)ccc(OS(=O)(=O)C(F)(F)C(F)(F)C(F)(F)C(F)(F)F)c1C#N. The Kier molecular flexibility index (Phi) is 9.69. The maximum absolute atomic E-state index is 13.9. The average molecular weight is 738 g/mol. The molecule has 0 heterocycles. The third-order valence-electron chi connectivity index (χ3n) is 4.86. The lowest BCUT2D eigenvalue weighted by Gasteiger charge is -2.33. The van der Waals surface area contributed by atoms with Crippen molar-refractivity contribution in [3.63, 3.8) is 0 Å². The number of nitrogens with zero attached hydrogens (tertiary/aromatic N) is 2. The first kappa shape index (κ1) is 39.5. The van der Waals surface area contributed by atoms with E-state index in [0.29, 0.717) is 12.1 Å². The molecule has 0 aliphatic rings. The Morgan fingerprint density at radius 1 is 0.556 bits per heavy atom. The van der Waals surface area contributed by atoms with E-state index in [1.165, 1.54) is 0 Å². The Hall–Kier alpha value is -3.56. The van der Waals surface area contributed by atoms with Gasteiger partial charge in [-0.2, -0.15) is 98.0 Å². The minimum absolute atomic E-state index is 0.249. The number of benzene rings is 1. The maximum Gasteiger partial charge on any atom is 0.460 e. The van der Waals surface area contributed by atoms with Crippen LogP contribution in [0.15, 0.2) is 12.1 Å². The van der Waals surface area contributed by atoms with E-state index >= 15 is 0 Å². The molecule has 0 unspecified atom stereocenters. The number of hydrogen-bond acceptors (Lipinski definition) is 8. The summed E-state index contributed by atoms with van der Waals surface area (Å²) in [5.41, 5.74) is -3.77. The fourth-order valence-electron chi connectivity index (χ4n) is 2.44. The molecule has 0 aromatic heterocycles. The van der Waals surface area contributed by atoms with Crippen LogP contribution >= 0.6 is 0 Å². The molecular formula is C17H4F18N2O6S2. The third-order valence-corrected chi connectivity index (χ3v) is 7.61. The van der Waals surface area contributed by atoms with Crippen LogP contribution in [0.2, 0.25) is 0 Å². The van der Waals surface area contributed by atoms with Crippen molar-refractivity contribution < 1.29 is 105 Å². The lowest BCUT2D eigenvalue weighted by Crippen LogP contribution is -2.63. The summed E-state index contributed by atoms with van der Waals surface area (Å²) < 4.78 is 288. The van der Waals surface area contributed by atoms with Gasteiger partial charge in [0.15, 0.2) is 11.7 Å². The fourth-order valence-corrected chi connectivity index (χ4v) is 4.31. The zero-order valence-corrected chi connectivity index (χ0v) is 21.5. The van der Waals surface area contributed by atoms with Gasteiger partial charge >= 0.3 is 56.7 Å². The molecule has 0 aliphatic carbocycles. The molecule has 0 saturated carbocycles. The van der Waals surface area contributed by atoms with Crippen LogP contribution in [0.4, 0.5) is 79.0 Å². The molecule has 256 valence electrons. The number of alkyl halides is 18. The van der Waals surface area contributed by atoms with Gasteiger partial charge in [0.25, 0.3) is 9.84 Å². The molecule has 0 saturated heterocycles. The van der Waals surface area contributed by atoms with Crippen molar-refractivity contribution in [2.24, 2.45) is 0 Å². The molecule has 1 aromatic rings. The van der Waals surface area contributed by atoms with E-state index in [1.54, 1.807) is 0 Å². The molecule has 0 spiro atoms. The van der Waals surface area contributed by atoms with Gasteiger partial charge in [-0.1, -0.05) is 0 Å². The van der Waals surface area contributed by atoms with Gasteiger partial charge in [-0.15, -0.1) is 0 Å². The van der Waals surface area contributed by atoms with Gasteiger partial charge in [-0.25, -0.2) is 8.42 Å². The summed E-state index contributed by atoms with van der Waals surface area (Å²) in [6, 6.07) is 0.684. The van der Waals surface area contributed by atoms with Crippen molar-refractivity contribution in [2.45, 2.75) is 46.6 Å². The molecule has 0 N–H and O–H groups in total. The van der Waals surface area contributed by atoms with Gasteiger partial charge in [-0.05, 0) is 12.1 Å². The molecule has 0 aliphatic heterocycles. The normalized spacial score (nSPS) is 14.8. The second-order valence-corrected chi connectivity index (χ2v) is 11.3. The zero-order chi connectivity index (χ0) is 36.3. The molecule has 45 heavy (non-hydrogen) atoms. The van der Waals surface area contributed by atoms with Crippen molar-refractivity contribution >= 4 is 20.0 Å². The Balaban J connectivity index is 3.61. The van der Waals surface area contributed by atoms with Crippen LogP contribution in [-0.2, 0) is 20.0 Å². The summed E-state index contributed by atoms with van der Waals surface area (Å²) in [6.45, 7) is 0. The molecule has 28 heteroatoms.